The molecule has 0 aliphatic heterocycles. The van der Waals surface area contributed by atoms with Gasteiger partial charge < -0.3 is 10.0 Å². The summed E-state index contributed by atoms with van der Waals surface area (Å²) in [6, 6.07) is 9.00. The SMILES string of the molecule is Cc1ccn(-c2ccc(C(=O)N(C)C3(C(=O)O)CCCCC3)cc2)n1. The number of carbonyl (C=O) groups excluding carboxylic acids is 1. The van der Waals surface area contributed by atoms with E-state index in [0.717, 1.165) is 30.6 Å². The summed E-state index contributed by atoms with van der Waals surface area (Å²) in [6.07, 6.45) is 5.57. The van der Waals surface area contributed by atoms with E-state index in [-0.39, 0.29) is 5.91 Å². The van der Waals surface area contributed by atoms with E-state index in [1.807, 2.05) is 31.3 Å². The third-order valence-corrected chi connectivity index (χ3v) is 5.13. The Kier molecular flexibility index (Phi) is 4.61. The van der Waals surface area contributed by atoms with Crippen LogP contribution in [0, 0.1) is 6.92 Å². The fourth-order valence-electron chi connectivity index (χ4n) is 3.53. The zero-order chi connectivity index (χ0) is 18.0. The van der Waals surface area contributed by atoms with Gasteiger partial charge >= 0.3 is 5.97 Å². The molecular weight excluding hydrogens is 318 g/mol. The lowest BCUT2D eigenvalue weighted by atomic mass is 9.80. The van der Waals surface area contributed by atoms with Crippen LogP contribution in [0.5, 0.6) is 0 Å². The van der Waals surface area contributed by atoms with Gasteiger partial charge in [-0.2, -0.15) is 5.10 Å². The molecule has 1 fully saturated rings. The lowest BCUT2D eigenvalue weighted by Crippen LogP contribution is -2.56. The van der Waals surface area contributed by atoms with E-state index in [9.17, 15) is 14.7 Å². The van der Waals surface area contributed by atoms with Gasteiger partial charge in [0.05, 0.1) is 11.4 Å². The van der Waals surface area contributed by atoms with Gasteiger partial charge in [-0.15, -0.1) is 0 Å². The topological polar surface area (TPSA) is 75.4 Å². The monoisotopic (exact) mass is 341 g/mol. The Bertz CT molecular complexity index is 773. The predicted octanol–water partition coefficient (Wildman–Crippen LogP) is 3.04. The fraction of sp³-hybridized carbons (Fsp3) is 0.421. The van der Waals surface area contributed by atoms with Crippen molar-refractivity contribution in [3.05, 3.63) is 47.8 Å². The average molecular weight is 341 g/mol. The number of aromatic nitrogens is 2. The van der Waals surface area contributed by atoms with Crippen molar-refractivity contribution >= 4 is 11.9 Å². The molecule has 0 radical (unpaired) electrons. The summed E-state index contributed by atoms with van der Waals surface area (Å²) >= 11 is 0. The number of hydrogen-bond donors (Lipinski definition) is 1. The quantitative estimate of drug-likeness (QED) is 0.927. The summed E-state index contributed by atoms with van der Waals surface area (Å²) in [4.78, 5) is 26.2. The lowest BCUT2D eigenvalue weighted by molar-refractivity contribution is -0.151. The van der Waals surface area contributed by atoms with Crippen LogP contribution in [0.25, 0.3) is 5.69 Å². The summed E-state index contributed by atoms with van der Waals surface area (Å²) in [5.41, 5.74) is 1.17. The Labute approximate surface area is 147 Å². The number of rotatable bonds is 4. The van der Waals surface area contributed by atoms with E-state index in [1.165, 1.54) is 4.90 Å². The second kappa shape index (κ2) is 6.70. The number of carboxylic acid groups (broad SMARTS) is 1. The van der Waals surface area contributed by atoms with Crippen molar-refractivity contribution in [3.8, 4) is 5.69 Å². The van der Waals surface area contributed by atoms with Crippen molar-refractivity contribution < 1.29 is 14.7 Å². The van der Waals surface area contributed by atoms with Crippen LogP contribution in [0.4, 0.5) is 0 Å². The van der Waals surface area contributed by atoms with Crippen molar-refractivity contribution in [2.75, 3.05) is 7.05 Å². The minimum absolute atomic E-state index is 0.257. The van der Waals surface area contributed by atoms with Gasteiger partial charge in [0.15, 0.2) is 0 Å². The molecule has 2 aromatic rings. The first-order chi connectivity index (χ1) is 11.9. The number of nitrogens with zero attached hydrogens (tertiary/aromatic N) is 3. The highest BCUT2D eigenvalue weighted by molar-refractivity contribution is 5.97. The molecule has 25 heavy (non-hydrogen) atoms. The average Bonchev–Trinajstić information content (AvgIpc) is 3.07. The Morgan fingerprint density at radius 2 is 1.76 bits per heavy atom. The van der Waals surface area contributed by atoms with Gasteiger partial charge in [-0.3, -0.25) is 4.79 Å². The normalized spacial score (nSPS) is 16.4. The zero-order valence-electron chi connectivity index (χ0n) is 14.6. The number of aliphatic carboxylic acids is 1. The maximum atomic E-state index is 12.8. The predicted molar refractivity (Wildman–Crippen MR) is 93.8 cm³/mol. The third kappa shape index (κ3) is 3.16. The molecule has 1 amide bonds. The van der Waals surface area contributed by atoms with Crippen molar-refractivity contribution in [3.63, 3.8) is 0 Å². The Morgan fingerprint density at radius 1 is 1.12 bits per heavy atom. The minimum Gasteiger partial charge on any atom is -0.479 e. The van der Waals surface area contributed by atoms with E-state index in [2.05, 4.69) is 5.10 Å². The van der Waals surface area contributed by atoms with Crippen LogP contribution in [0.2, 0.25) is 0 Å². The number of carbonyl (C=O) groups is 2. The van der Waals surface area contributed by atoms with Crippen LogP contribution in [0.3, 0.4) is 0 Å². The summed E-state index contributed by atoms with van der Waals surface area (Å²) in [6.45, 7) is 1.92. The highest BCUT2D eigenvalue weighted by Crippen LogP contribution is 2.34. The van der Waals surface area contributed by atoms with Gasteiger partial charge in [-0.05, 0) is 50.1 Å². The van der Waals surface area contributed by atoms with Crippen LogP contribution in [0.15, 0.2) is 36.5 Å². The van der Waals surface area contributed by atoms with Crippen LogP contribution >= 0.6 is 0 Å². The molecule has 3 rings (SSSR count). The maximum absolute atomic E-state index is 12.8. The van der Waals surface area contributed by atoms with Crippen molar-refractivity contribution in [2.24, 2.45) is 0 Å². The lowest BCUT2D eigenvalue weighted by Gasteiger charge is -2.41. The number of carboxylic acids is 1. The van der Waals surface area contributed by atoms with Gasteiger partial charge in [0.25, 0.3) is 5.91 Å². The molecule has 132 valence electrons. The smallest absolute Gasteiger partial charge is 0.329 e. The highest BCUT2D eigenvalue weighted by atomic mass is 16.4. The highest BCUT2D eigenvalue weighted by Gasteiger charge is 2.45. The molecule has 0 saturated heterocycles. The van der Waals surface area contributed by atoms with Crippen molar-refractivity contribution in [1.82, 2.24) is 14.7 Å². The van der Waals surface area contributed by atoms with E-state index >= 15 is 0 Å². The number of hydrogen-bond acceptors (Lipinski definition) is 3. The maximum Gasteiger partial charge on any atom is 0.329 e. The molecule has 0 bridgehead atoms. The van der Waals surface area contributed by atoms with Gasteiger partial charge in [0.1, 0.15) is 5.54 Å². The largest absolute Gasteiger partial charge is 0.479 e. The zero-order valence-corrected chi connectivity index (χ0v) is 14.6. The summed E-state index contributed by atoms with van der Waals surface area (Å²) < 4.78 is 1.74. The van der Waals surface area contributed by atoms with E-state index in [0.29, 0.717) is 18.4 Å². The van der Waals surface area contributed by atoms with Crippen LogP contribution in [-0.4, -0.2) is 44.3 Å². The number of amides is 1. The van der Waals surface area contributed by atoms with E-state index in [1.54, 1.807) is 23.9 Å². The standard InChI is InChI=1S/C19H23N3O3/c1-14-10-13-22(20-14)16-8-6-15(7-9-16)17(23)21(2)19(18(24)25)11-4-3-5-12-19/h6-10,13H,3-5,11-12H2,1-2H3,(H,24,25). The number of likely N-dealkylation sites (N-methyl/N-ethyl adjacent to an activating group) is 1. The molecule has 6 heteroatoms. The fourth-order valence-corrected chi connectivity index (χ4v) is 3.53. The molecular formula is C19H23N3O3. The Morgan fingerprint density at radius 3 is 2.28 bits per heavy atom. The minimum atomic E-state index is -1.09. The van der Waals surface area contributed by atoms with E-state index in [4.69, 9.17) is 0 Å². The first-order valence-electron chi connectivity index (χ1n) is 8.58. The molecule has 0 unspecified atom stereocenters. The third-order valence-electron chi connectivity index (χ3n) is 5.13. The second-order valence-electron chi connectivity index (χ2n) is 6.71. The molecule has 1 aliphatic carbocycles. The molecule has 1 aliphatic rings. The van der Waals surface area contributed by atoms with Gasteiger partial charge in [-0.25, -0.2) is 9.48 Å². The van der Waals surface area contributed by atoms with Crippen LogP contribution < -0.4 is 0 Å². The molecule has 1 aromatic heterocycles. The first-order valence-corrected chi connectivity index (χ1v) is 8.58. The molecule has 0 atom stereocenters. The van der Waals surface area contributed by atoms with Crippen molar-refractivity contribution in [1.29, 1.82) is 0 Å². The number of benzene rings is 1. The molecule has 1 aromatic carbocycles. The van der Waals surface area contributed by atoms with Gasteiger partial charge in [-0.1, -0.05) is 19.3 Å². The molecule has 6 nitrogen and oxygen atoms in total. The first kappa shape index (κ1) is 17.2. The van der Waals surface area contributed by atoms with Gasteiger partial charge in [0, 0.05) is 18.8 Å². The Hall–Kier alpha value is -2.63. The number of aryl methyl sites for hydroxylation is 1. The Balaban J connectivity index is 1.83. The molecule has 0 spiro atoms. The summed E-state index contributed by atoms with van der Waals surface area (Å²) in [5.74, 6) is -1.17. The van der Waals surface area contributed by atoms with Crippen molar-refractivity contribution in [2.45, 2.75) is 44.6 Å². The van der Waals surface area contributed by atoms with E-state index < -0.39 is 11.5 Å². The molecule has 1 saturated carbocycles. The van der Waals surface area contributed by atoms with Crippen LogP contribution in [0.1, 0.15) is 48.2 Å². The van der Waals surface area contributed by atoms with Crippen LogP contribution in [-0.2, 0) is 4.79 Å². The summed E-state index contributed by atoms with van der Waals surface area (Å²) in [7, 11) is 1.60. The van der Waals surface area contributed by atoms with Gasteiger partial charge in [0.2, 0.25) is 0 Å². The second-order valence-corrected chi connectivity index (χ2v) is 6.71. The molecule has 1 N–H and O–H groups in total. The summed E-state index contributed by atoms with van der Waals surface area (Å²) in [5, 5.41) is 14.1. The molecule has 1 heterocycles.